The van der Waals surface area contributed by atoms with Gasteiger partial charge in [-0.3, -0.25) is 0 Å². The van der Waals surface area contributed by atoms with Gasteiger partial charge in [0.05, 0.1) is 13.7 Å². The minimum atomic E-state index is -3.75. The van der Waals surface area contributed by atoms with Crippen LogP contribution < -0.4 is 10.5 Å². The summed E-state index contributed by atoms with van der Waals surface area (Å²) in [6.07, 6.45) is 0. The first kappa shape index (κ1) is 16.2. The maximum atomic E-state index is 12.5. The molecule has 0 unspecified atom stereocenters. The van der Waals surface area contributed by atoms with Crippen LogP contribution in [0.15, 0.2) is 21.5 Å². The number of nitrogens with two attached hydrogens (primary N) is 1. The molecule has 8 heteroatoms. The van der Waals surface area contributed by atoms with E-state index in [9.17, 15) is 8.42 Å². The van der Waals surface area contributed by atoms with Gasteiger partial charge in [-0.2, -0.15) is 4.31 Å². The van der Waals surface area contributed by atoms with Gasteiger partial charge in [0, 0.05) is 23.2 Å². The predicted octanol–water partition coefficient (Wildman–Crippen LogP) is 1.04. The molecule has 0 atom stereocenters. The molecule has 1 aromatic rings. The van der Waals surface area contributed by atoms with Crippen LogP contribution in [0.2, 0.25) is 0 Å². The molecular weight excluding hydrogens is 336 g/mol. The molecule has 0 saturated heterocycles. The summed E-state index contributed by atoms with van der Waals surface area (Å²) in [5, 5.41) is 8.93. The van der Waals surface area contributed by atoms with Crippen LogP contribution in [0.4, 0.5) is 5.69 Å². The van der Waals surface area contributed by atoms with Crippen molar-refractivity contribution in [3.05, 3.63) is 16.6 Å². The van der Waals surface area contributed by atoms with Crippen LogP contribution in [-0.2, 0) is 10.0 Å². The van der Waals surface area contributed by atoms with Crippen molar-refractivity contribution in [2.75, 3.05) is 32.5 Å². The molecule has 6 nitrogen and oxygen atoms in total. The van der Waals surface area contributed by atoms with Crippen LogP contribution in [0.3, 0.4) is 0 Å². The van der Waals surface area contributed by atoms with Gasteiger partial charge in [-0.25, -0.2) is 8.42 Å². The molecule has 1 rings (SSSR count). The number of halogens is 1. The molecule has 0 fully saturated rings. The number of sulfonamides is 1. The average Bonchev–Trinajstić information content (AvgIpc) is 2.38. The van der Waals surface area contributed by atoms with Crippen LogP contribution in [-0.4, -0.2) is 44.6 Å². The molecule has 0 aliphatic heterocycles. The van der Waals surface area contributed by atoms with E-state index in [2.05, 4.69) is 15.9 Å². The van der Waals surface area contributed by atoms with E-state index in [4.69, 9.17) is 15.6 Å². The number of likely N-dealkylation sites (N-methyl/N-ethyl adjacent to an activating group) is 1. The van der Waals surface area contributed by atoms with Gasteiger partial charge in [0.25, 0.3) is 0 Å². The Balaban J connectivity index is 3.38. The zero-order valence-corrected chi connectivity index (χ0v) is 13.2. The Hall–Kier alpha value is -0.830. The van der Waals surface area contributed by atoms with Crippen LogP contribution in [0.5, 0.6) is 5.75 Å². The maximum Gasteiger partial charge on any atom is 0.246 e. The summed E-state index contributed by atoms with van der Waals surface area (Å²) in [6.45, 7) is 1.73. The first-order valence-electron chi connectivity index (χ1n) is 5.62. The summed E-state index contributed by atoms with van der Waals surface area (Å²) in [6, 6.07) is 2.85. The van der Waals surface area contributed by atoms with Crippen molar-refractivity contribution in [1.82, 2.24) is 4.31 Å². The van der Waals surface area contributed by atoms with Gasteiger partial charge in [0.15, 0.2) is 0 Å². The normalized spacial score (nSPS) is 11.8. The number of nitrogen functional groups attached to an aromatic ring is 1. The van der Waals surface area contributed by atoms with Crippen molar-refractivity contribution in [2.45, 2.75) is 11.8 Å². The van der Waals surface area contributed by atoms with Crippen molar-refractivity contribution in [1.29, 1.82) is 0 Å². The molecule has 0 aliphatic carbocycles. The highest BCUT2D eigenvalue weighted by atomic mass is 79.9. The van der Waals surface area contributed by atoms with Gasteiger partial charge in [-0.1, -0.05) is 6.92 Å². The molecule has 0 heterocycles. The second-order valence-corrected chi connectivity index (χ2v) is 6.51. The zero-order chi connectivity index (χ0) is 14.6. The molecule has 0 spiro atoms. The number of aliphatic hydroxyl groups excluding tert-OH is 1. The van der Waals surface area contributed by atoms with Gasteiger partial charge >= 0.3 is 0 Å². The average molecular weight is 353 g/mol. The molecular formula is C11H17BrN2O4S. The van der Waals surface area contributed by atoms with Gasteiger partial charge in [-0.15, -0.1) is 0 Å². The number of hydrogen-bond donors (Lipinski definition) is 2. The minimum absolute atomic E-state index is 0.00833. The Kier molecular flexibility index (Phi) is 5.60. The standard InChI is InChI=1S/C11H17BrN2O4S/c1-3-14(4-5-15)19(16,17)11-7-9(13)8(12)6-10(11)18-2/h6-7,15H,3-5,13H2,1-2H3. The molecule has 108 valence electrons. The second kappa shape index (κ2) is 6.56. The lowest BCUT2D eigenvalue weighted by atomic mass is 10.3. The third kappa shape index (κ3) is 3.38. The van der Waals surface area contributed by atoms with Crippen LogP contribution in [0.1, 0.15) is 6.92 Å². The van der Waals surface area contributed by atoms with E-state index < -0.39 is 10.0 Å². The Morgan fingerprint density at radius 1 is 1.47 bits per heavy atom. The summed E-state index contributed by atoms with van der Waals surface area (Å²) in [7, 11) is -2.36. The molecule has 0 aliphatic rings. The van der Waals surface area contributed by atoms with E-state index in [0.717, 1.165) is 4.31 Å². The zero-order valence-electron chi connectivity index (χ0n) is 10.8. The van der Waals surface area contributed by atoms with E-state index in [-0.39, 0.29) is 30.3 Å². The molecule has 3 N–H and O–H groups in total. The highest BCUT2D eigenvalue weighted by molar-refractivity contribution is 9.10. The van der Waals surface area contributed by atoms with E-state index in [0.29, 0.717) is 10.2 Å². The highest BCUT2D eigenvalue weighted by Crippen LogP contribution is 2.33. The fourth-order valence-corrected chi connectivity index (χ4v) is 3.55. The van der Waals surface area contributed by atoms with E-state index in [1.807, 2.05) is 0 Å². The number of ether oxygens (including phenoxy) is 1. The number of anilines is 1. The number of nitrogens with zero attached hydrogens (tertiary/aromatic N) is 1. The lowest BCUT2D eigenvalue weighted by Crippen LogP contribution is -2.33. The minimum Gasteiger partial charge on any atom is -0.495 e. The molecule has 0 saturated carbocycles. The fraction of sp³-hybridized carbons (Fsp3) is 0.455. The monoisotopic (exact) mass is 352 g/mol. The van der Waals surface area contributed by atoms with Crippen LogP contribution in [0.25, 0.3) is 0 Å². The fourth-order valence-electron chi connectivity index (χ4n) is 1.61. The molecule has 0 aromatic heterocycles. The lowest BCUT2D eigenvalue weighted by molar-refractivity contribution is 0.256. The topological polar surface area (TPSA) is 92.9 Å². The third-order valence-corrected chi connectivity index (χ3v) is 5.29. The summed E-state index contributed by atoms with van der Waals surface area (Å²) >= 11 is 3.22. The van der Waals surface area contributed by atoms with Gasteiger partial charge in [0.2, 0.25) is 10.0 Å². The van der Waals surface area contributed by atoms with Crippen molar-refractivity contribution in [3.8, 4) is 5.75 Å². The van der Waals surface area contributed by atoms with E-state index in [1.54, 1.807) is 6.92 Å². The Labute approximate surface area is 121 Å². The number of hydrogen-bond acceptors (Lipinski definition) is 5. The Bertz CT molecular complexity index is 548. The number of methoxy groups -OCH3 is 1. The lowest BCUT2D eigenvalue weighted by Gasteiger charge is -2.21. The summed E-state index contributed by atoms with van der Waals surface area (Å²) in [5.41, 5.74) is 6.03. The molecule has 0 radical (unpaired) electrons. The van der Waals surface area contributed by atoms with Gasteiger partial charge in [0.1, 0.15) is 10.6 Å². The van der Waals surface area contributed by atoms with Crippen molar-refractivity contribution in [3.63, 3.8) is 0 Å². The van der Waals surface area contributed by atoms with E-state index in [1.165, 1.54) is 19.2 Å². The second-order valence-electron chi connectivity index (χ2n) is 3.74. The first-order valence-corrected chi connectivity index (χ1v) is 7.85. The first-order chi connectivity index (χ1) is 8.88. The summed E-state index contributed by atoms with van der Waals surface area (Å²) < 4.78 is 31.7. The SMILES string of the molecule is CCN(CCO)S(=O)(=O)c1cc(N)c(Br)cc1OC. The van der Waals surface area contributed by atoms with Gasteiger partial charge < -0.3 is 15.6 Å². The quantitative estimate of drug-likeness (QED) is 0.746. The van der Waals surface area contributed by atoms with Crippen LogP contribution in [0, 0.1) is 0 Å². The number of benzene rings is 1. The number of aliphatic hydroxyl groups is 1. The summed E-state index contributed by atoms with van der Waals surface area (Å²) in [5.74, 6) is 0.206. The third-order valence-electron chi connectivity index (χ3n) is 2.60. The van der Waals surface area contributed by atoms with Crippen molar-refractivity contribution in [2.24, 2.45) is 0 Å². The molecule has 19 heavy (non-hydrogen) atoms. The van der Waals surface area contributed by atoms with Crippen LogP contribution >= 0.6 is 15.9 Å². The summed E-state index contributed by atoms with van der Waals surface area (Å²) in [4.78, 5) is -0.00833. The molecule has 0 amide bonds. The smallest absolute Gasteiger partial charge is 0.246 e. The predicted molar refractivity (Wildman–Crippen MR) is 76.6 cm³/mol. The van der Waals surface area contributed by atoms with E-state index >= 15 is 0 Å². The molecule has 0 bridgehead atoms. The number of rotatable bonds is 6. The molecule has 1 aromatic carbocycles. The van der Waals surface area contributed by atoms with Crippen molar-refractivity contribution >= 4 is 31.6 Å². The largest absolute Gasteiger partial charge is 0.495 e. The van der Waals surface area contributed by atoms with Crippen molar-refractivity contribution < 1.29 is 18.3 Å². The maximum absolute atomic E-state index is 12.5. The van der Waals surface area contributed by atoms with Gasteiger partial charge in [-0.05, 0) is 28.1 Å². The Morgan fingerprint density at radius 2 is 2.11 bits per heavy atom. The Morgan fingerprint density at radius 3 is 2.58 bits per heavy atom. The highest BCUT2D eigenvalue weighted by Gasteiger charge is 2.27.